The molecule has 0 spiro atoms. The van der Waals surface area contributed by atoms with E-state index in [9.17, 15) is 4.79 Å². The third-order valence-corrected chi connectivity index (χ3v) is 3.29. The van der Waals surface area contributed by atoms with Crippen LogP contribution in [0.1, 0.15) is 26.5 Å². The average Bonchev–Trinajstić information content (AvgIpc) is 2.87. The Morgan fingerprint density at radius 3 is 2.57 bits per heavy atom. The summed E-state index contributed by atoms with van der Waals surface area (Å²) in [7, 11) is 0. The molecule has 0 atom stereocenters. The summed E-state index contributed by atoms with van der Waals surface area (Å²) in [4.78, 5) is 11.7. The number of hydrogen-bond acceptors (Lipinski definition) is 3. The Hall–Kier alpha value is -1.81. The van der Waals surface area contributed by atoms with E-state index >= 15 is 0 Å². The molecule has 0 aliphatic carbocycles. The number of carbonyl (C=O) groups is 1. The second kappa shape index (κ2) is 6.31. The molecule has 112 valence electrons. The van der Waals surface area contributed by atoms with Gasteiger partial charge in [-0.05, 0) is 24.3 Å². The molecule has 1 N–H and O–H groups in total. The molecule has 2 rings (SSSR count). The third-order valence-electron chi connectivity index (χ3n) is 3.04. The Bertz CT molecular complexity index is 612. The maximum atomic E-state index is 11.7. The van der Waals surface area contributed by atoms with Crippen LogP contribution >= 0.6 is 11.6 Å². The lowest BCUT2D eigenvalue weighted by atomic mass is 9.96. The predicted molar refractivity (Wildman–Crippen MR) is 83.1 cm³/mol. The molecule has 1 aromatic carbocycles. The van der Waals surface area contributed by atoms with Crippen LogP contribution in [0.4, 0.5) is 0 Å². The number of benzene rings is 1. The van der Waals surface area contributed by atoms with Gasteiger partial charge in [0.2, 0.25) is 5.91 Å². The van der Waals surface area contributed by atoms with Crippen LogP contribution in [-0.4, -0.2) is 17.6 Å². The molecule has 1 amide bonds. The van der Waals surface area contributed by atoms with E-state index in [1.807, 2.05) is 51.1 Å². The standard InChI is InChI=1S/C16H19ClN2O2/c1-16(2,3)15(20)18-9-8-13-10-14(21-19-13)11-4-6-12(17)7-5-11/h4-7,10H,8-9H2,1-3H3,(H,18,20). The molecule has 1 heterocycles. The Kier molecular flexibility index (Phi) is 4.68. The van der Waals surface area contributed by atoms with Crippen LogP contribution in [0.3, 0.4) is 0 Å². The SMILES string of the molecule is CC(C)(C)C(=O)NCCc1cc(-c2ccc(Cl)cc2)on1. The number of halogens is 1. The number of nitrogens with zero attached hydrogens (tertiary/aromatic N) is 1. The van der Waals surface area contributed by atoms with Gasteiger partial charge in [0.15, 0.2) is 5.76 Å². The summed E-state index contributed by atoms with van der Waals surface area (Å²) in [5.74, 6) is 0.729. The fraction of sp³-hybridized carbons (Fsp3) is 0.375. The summed E-state index contributed by atoms with van der Waals surface area (Å²) in [6.07, 6.45) is 0.638. The van der Waals surface area contributed by atoms with Gasteiger partial charge in [0.1, 0.15) is 0 Å². The van der Waals surface area contributed by atoms with Crippen LogP contribution in [0.15, 0.2) is 34.9 Å². The number of carbonyl (C=O) groups excluding carboxylic acids is 1. The van der Waals surface area contributed by atoms with Crippen molar-refractivity contribution in [2.45, 2.75) is 27.2 Å². The van der Waals surface area contributed by atoms with Gasteiger partial charge >= 0.3 is 0 Å². The number of hydrogen-bond donors (Lipinski definition) is 1. The molecule has 1 aromatic heterocycles. The Balaban J connectivity index is 1.92. The van der Waals surface area contributed by atoms with Crippen LogP contribution in [0.2, 0.25) is 5.02 Å². The van der Waals surface area contributed by atoms with E-state index in [2.05, 4.69) is 10.5 Å². The monoisotopic (exact) mass is 306 g/mol. The van der Waals surface area contributed by atoms with Crippen LogP contribution in [0.25, 0.3) is 11.3 Å². The normalized spacial score (nSPS) is 11.4. The zero-order chi connectivity index (χ0) is 15.5. The summed E-state index contributed by atoms with van der Waals surface area (Å²) in [5.41, 5.74) is 1.37. The highest BCUT2D eigenvalue weighted by Crippen LogP contribution is 2.22. The minimum atomic E-state index is -0.377. The molecule has 0 fully saturated rings. The quantitative estimate of drug-likeness (QED) is 0.937. The fourth-order valence-corrected chi connectivity index (χ4v) is 1.88. The molecule has 0 radical (unpaired) electrons. The Morgan fingerprint density at radius 1 is 1.29 bits per heavy atom. The molecule has 0 unspecified atom stereocenters. The van der Waals surface area contributed by atoms with E-state index < -0.39 is 0 Å². The van der Waals surface area contributed by atoms with E-state index in [0.29, 0.717) is 23.7 Å². The molecule has 0 bridgehead atoms. The zero-order valence-electron chi connectivity index (χ0n) is 12.4. The first-order chi connectivity index (χ1) is 9.86. The minimum Gasteiger partial charge on any atom is -0.356 e. The van der Waals surface area contributed by atoms with Gasteiger partial charge < -0.3 is 9.84 Å². The van der Waals surface area contributed by atoms with Crippen LogP contribution in [-0.2, 0) is 11.2 Å². The van der Waals surface area contributed by atoms with Crippen molar-refractivity contribution in [3.05, 3.63) is 41.0 Å². The molecule has 5 heteroatoms. The third kappa shape index (κ3) is 4.33. The van der Waals surface area contributed by atoms with Crippen LogP contribution < -0.4 is 5.32 Å². The van der Waals surface area contributed by atoms with Crippen molar-refractivity contribution in [3.63, 3.8) is 0 Å². The highest BCUT2D eigenvalue weighted by Gasteiger charge is 2.20. The first-order valence-corrected chi connectivity index (χ1v) is 7.24. The minimum absolute atomic E-state index is 0.0314. The van der Waals surface area contributed by atoms with Crippen molar-refractivity contribution in [2.75, 3.05) is 6.54 Å². The van der Waals surface area contributed by atoms with Crippen LogP contribution in [0, 0.1) is 5.41 Å². The van der Waals surface area contributed by atoms with Gasteiger partial charge in [-0.25, -0.2) is 0 Å². The second-order valence-corrected chi connectivity index (χ2v) is 6.38. The first-order valence-electron chi connectivity index (χ1n) is 6.86. The molecular formula is C16H19ClN2O2. The molecule has 0 saturated heterocycles. The largest absolute Gasteiger partial charge is 0.356 e. The van der Waals surface area contributed by atoms with Gasteiger partial charge in [0.25, 0.3) is 0 Å². The molecular weight excluding hydrogens is 288 g/mol. The summed E-state index contributed by atoms with van der Waals surface area (Å²) in [6.45, 7) is 6.20. The number of nitrogens with one attached hydrogen (secondary N) is 1. The van der Waals surface area contributed by atoms with Gasteiger partial charge in [0.05, 0.1) is 5.69 Å². The summed E-state index contributed by atoms with van der Waals surface area (Å²) >= 11 is 5.85. The number of rotatable bonds is 4. The van der Waals surface area contributed by atoms with E-state index in [1.54, 1.807) is 0 Å². The molecule has 21 heavy (non-hydrogen) atoms. The highest BCUT2D eigenvalue weighted by molar-refractivity contribution is 6.30. The van der Waals surface area contributed by atoms with Crippen molar-refractivity contribution in [2.24, 2.45) is 5.41 Å². The highest BCUT2D eigenvalue weighted by atomic mass is 35.5. The van der Waals surface area contributed by atoms with Gasteiger partial charge in [-0.3, -0.25) is 4.79 Å². The summed E-state index contributed by atoms with van der Waals surface area (Å²) in [6, 6.07) is 9.26. The van der Waals surface area contributed by atoms with Gasteiger partial charge in [0, 0.05) is 35.0 Å². The maximum Gasteiger partial charge on any atom is 0.225 e. The van der Waals surface area contributed by atoms with Crippen molar-refractivity contribution < 1.29 is 9.32 Å². The van der Waals surface area contributed by atoms with Crippen molar-refractivity contribution in [1.82, 2.24) is 10.5 Å². The van der Waals surface area contributed by atoms with Crippen molar-refractivity contribution >= 4 is 17.5 Å². The fourth-order valence-electron chi connectivity index (χ4n) is 1.75. The lowest BCUT2D eigenvalue weighted by Crippen LogP contribution is -2.35. The molecule has 4 nitrogen and oxygen atoms in total. The van der Waals surface area contributed by atoms with E-state index in [-0.39, 0.29) is 11.3 Å². The molecule has 0 aliphatic heterocycles. The second-order valence-electron chi connectivity index (χ2n) is 5.95. The zero-order valence-corrected chi connectivity index (χ0v) is 13.2. The smallest absolute Gasteiger partial charge is 0.225 e. The summed E-state index contributed by atoms with van der Waals surface area (Å²) < 4.78 is 5.31. The molecule has 0 aliphatic rings. The first kappa shape index (κ1) is 15.6. The van der Waals surface area contributed by atoms with Crippen molar-refractivity contribution in [1.29, 1.82) is 0 Å². The Labute approximate surface area is 129 Å². The van der Waals surface area contributed by atoms with Crippen LogP contribution in [0.5, 0.6) is 0 Å². The van der Waals surface area contributed by atoms with E-state index in [1.165, 1.54) is 0 Å². The lowest BCUT2D eigenvalue weighted by molar-refractivity contribution is -0.128. The Morgan fingerprint density at radius 2 is 1.95 bits per heavy atom. The van der Waals surface area contributed by atoms with Gasteiger partial charge in [-0.1, -0.05) is 37.5 Å². The van der Waals surface area contributed by atoms with E-state index in [4.69, 9.17) is 16.1 Å². The number of amides is 1. The van der Waals surface area contributed by atoms with Gasteiger partial charge in [-0.2, -0.15) is 0 Å². The van der Waals surface area contributed by atoms with Crippen molar-refractivity contribution in [3.8, 4) is 11.3 Å². The summed E-state index contributed by atoms with van der Waals surface area (Å²) in [5, 5.41) is 7.59. The topological polar surface area (TPSA) is 55.1 Å². The predicted octanol–water partition coefficient (Wildman–Crippen LogP) is 3.70. The molecule has 2 aromatic rings. The average molecular weight is 307 g/mol. The number of aromatic nitrogens is 1. The van der Waals surface area contributed by atoms with E-state index in [0.717, 1.165) is 11.3 Å². The van der Waals surface area contributed by atoms with Gasteiger partial charge in [-0.15, -0.1) is 0 Å². The molecule has 0 saturated carbocycles. The maximum absolute atomic E-state index is 11.7. The lowest BCUT2D eigenvalue weighted by Gasteiger charge is -2.17.